The average molecular weight is 891 g/mol. The van der Waals surface area contributed by atoms with Gasteiger partial charge in [0.1, 0.15) is 0 Å². The lowest BCUT2D eigenvalue weighted by Gasteiger charge is -2.26. The quantitative estimate of drug-likeness (QED) is 0.107. The van der Waals surface area contributed by atoms with E-state index in [0.717, 1.165) is 53.4 Å². The molecule has 0 saturated carbocycles. The molecule has 0 bridgehead atoms. The first-order valence-electron chi connectivity index (χ1n) is 24.2. The molecule has 10 aromatic carbocycles. The molecule has 69 heavy (non-hydrogen) atoms. The molecule has 0 aliphatic heterocycles. The lowest BCUT2D eigenvalue weighted by atomic mass is 9.98. The minimum Gasteiger partial charge on any atom is -0.311 e. The molecule has 0 spiro atoms. The number of anilines is 6. The zero-order chi connectivity index (χ0) is 47.1. The van der Waals surface area contributed by atoms with Gasteiger partial charge in [-0.2, -0.15) is 0 Å². The Labute approximate surface area is 409 Å². The molecule has 0 atom stereocenters. The molecule has 0 aliphatic rings. The highest BCUT2D eigenvalue weighted by Gasteiger charge is 2.16. The van der Waals surface area contributed by atoms with Crippen LogP contribution in [0.2, 0.25) is 0 Å². The van der Waals surface area contributed by atoms with E-state index in [1.807, 2.05) is 0 Å². The van der Waals surface area contributed by atoms with E-state index in [1.54, 1.807) is 0 Å². The number of rotatable bonds is 14. The molecule has 10 rings (SSSR count). The molecular formula is C67H58N2. The van der Waals surface area contributed by atoms with Gasteiger partial charge in [-0.1, -0.05) is 181 Å². The van der Waals surface area contributed by atoms with Gasteiger partial charge in [0.05, 0.1) is 0 Å². The summed E-state index contributed by atoms with van der Waals surface area (Å²) < 4.78 is 0. The highest BCUT2D eigenvalue weighted by atomic mass is 15.1. The molecule has 0 N–H and O–H groups in total. The van der Waals surface area contributed by atoms with E-state index in [0.29, 0.717) is 0 Å². The van der Waals surface area contributed by atoms with Gasteiger partial charge in [0.25, 0.3) is 0 Å². The summed E-state index contributed by atoms with van der Waals surface area (Å²) >= 11 is 0. The van der Waals surface area contributed by atoms with Gasteiger partial charge >= 0.3 is 0 Å². The van der Waals surface area contributed by atoms with Gasteiger partial charge in [-0.3, -0.25) is 0 Å². The van der Waals surface area contributed by atoms with Crippen LogP contribution in [0.4, 0.5) is 34.1 Å². The van der Waals surface area contributed by atoms with Crippen LogP contribution in [0, 0.1) is 27.7 Å². The largest absolute Gasteiger partial charge is 0.311 e. The molecule has 2 nitrogen and oxygen atoms in total. The minimum atomic E-state index is 0.832. The molecule has 2 heteroatoms. The molecule has 0 saturated heterocycles. The van der Waals surface area contributed by atoms with Crippen molar-refractivity contribution in [2.75, 3.05) is 9.80 Å². The van der Waals surface area contributed by atoms with Gasteiger partial charge in [0, 0.05) is 34.1 Å². The van der Waals surface area contributed by atoms with Gasteiger partial charge in [-0.15, -0.1) is 0 Å². The van der Waals surface area contributed by atoms with Crippen LogP contribution < -0.4 is 9.80 Å². The van der Waals surface area contributed by atoms with Crippen LogP contribution in [-0.2, 0) is 19.3 Å². The summed E-state index contributed by atoms with van der Waals surface area (Å²) in [6, 6.07) is 89.0. The zero-order valence-corrected chi connectivity index (χ0v) is 40.1. The predicted octanol–water partition coefficient (Wildman–Crippen LogP) is 18.0. The fraction of sp³-hybridized carbons (Fsp3) is 0.104. The Balaban J connectivity index is 0.905. The van der Waals surface area contributed by atoms with Crippen LogP contribution in [0.5, 0.6) is 0 Å². The number of benzene rings is 10. The van der Waals surface area contributed by atoms with Crippen molar-refractivity contribution < 1.29 is 0 Å². The van der Waals surface area contributed by atoms with Gasteiger partial charge < -0.3 is 9.80 Å². The maximum atomic E-state index is 2.37. The third-order valence-electron chi connectivity index (χ3n) is 13.4. The van der Waals surface area contributed by atoms with E-state index >= 15 is 0 Å². The first-order chi connectivity index (χ1) is 33.8. The topological polar surface area (TPSA) is 6.48 Å². The summed E-state index contributed by atoms with van der Waals surface area (Å²) in [6.45, 7) is 8.75. The van der Waals surface area contributed by atoms with E-state index in [4.69, 9.17) is 0 Å². The van der Waals surface area contributed by atoms with Crippen LogP contribution in [0.1, 0.15) is 55.6 Å². The third kappa shape index (κ3) is 10.5. The molecule has 0 aromatic heterocycles. The Hall–Kier alpha value is -8.20. The minimum absolute atomic E-state index is 0.832. The lowest BCUT2D eigenvalue weighted by Crippen LogP contribution is -2.10. The predicted molar refractivity (Wildman–Crippen MR) is 293 cm³/mol. The molecular weight excluding hydrogens is 833 g/mol. The van der Waals surface area contributed by atoms with Crippen molar-refractivity contribution in [2.45, 2.75) is 47.0 Å². The van der Waals surface area contributed by atoms with Crippen molar-refractivity contribution in [1.82, 2.24) is 0 Å². The molecule has 0 unspecified atom stereocenters. The lowest BCUT2D eigenvalue weighted by molar-refractivity contribution is 1.14. The van der Waals surface area contributed by atoms with Gasteiger partial charge in [0.2, 0.25) is 0 Å². The maximum Gasteiger partial charge on any atom is 0.0462 e. The van der Waals surface area contributed by atoms with Crippen LogP contribution in [0.3, 0.4) is 0 Å². The molecule has 0 amide bonds. The normalized spacial score (nSPS) is 11.1. The Morgan fingerprint density at radius 3 is 0.797 bits per heavy atom. The van der Waals surface area contributed by atoms with Crippen molar-refractivity contribution in [2.24, 2.45) is 0 Å². The van der Waals surface area contributed by atoms with Gasteiger partial charge in [0.15, 0.2) is 0 Å². The summed E-state index contributed by atoms with van der Waals surface area (Å²) in [5.41, 5.74) is 24.7. The van der Waals surface area contributed by atoms with Crippen LogP contribution in [-0.4, -0.2) is 0 Å². The van der Waals surface area contributed by atoms with Gasteiger partial charge in [-0.05, 0) is 187 Å². The number of hydrogen-bond acceptors (Lipinski definition) is 2. The summed E-state index contributed by atoms with van der Waals surface area (Å²) in [4.78, 5) is 4.73. The average Bonchev–Trinajstić information content (AvgIpc) is 3.39. The second-order valence-corrected chi connectivity index (χ2v) is 18.6. The Morgan fingerprint density at radius 1 is 0.246 bits per heavy atom. The van der Waals surface area contributed by atoms with Crippen LogP contribution in [0.25, 0.3) is 22.3 Å². The van der Waals surface area contributed by atoms with E-state index in [-0.39, 0.29) is 0 Å². The van der Waals surface area contributed by atoms with Crippen LogP contribution >= 0.6 is 0 Å². The number of nitrogens with zero attached hydrogens (tertiary/aromatic N) is 2. The summed E-state index contributed by atoms with van der Waals surface area (Å²) in [6.07, 6.45) is 2.66. The number of hydrogen-bond donors (Lipinski definition) is 0. The molecule has 0 fully saturated rings. The fourth-order valence-corrected chi connectivity index (χ4v) is 9.58. The van der Waals surface area contributed by atoms with Crippen molar-refractivity contribution in [1.29, 1.82) is 0 Å². The van der Waals surface area contributed by atoms with Crippen LogP contribution in [0.15, 0.2) is 243 Å². The smallest absolute Gasteiger partial charge is 0.0462 e. The molecule has 10 aromatic rings. The Morgan fingerprint density at radius 2 is 0.507 bits per heavy atom. The summed E-state index contributed by atoms with van der Waals surface area (Å²) in [5.74, 6) is 0. The van der Waals surface area contributed by atoms with E-state index in [2.05, 4.69) is 280 Å². The van der Waals surface area contributed by atoms with E-state index < -0.39 is 0 Å². The molecule has 336 valence electrons. The Kier molecular flexibility index (Phi) is 13.2. The SMILES string of the molecule is Cc1ccc(Cc2ccc(N(c3ccc(Cc4ccc(N(c5ccc(Cc6ccc(C)cc6C)cc5)c5ccc(-c6ccccc6)cc5)cc4)cc3)c3ccc(-c4ccccc4)cc3)cc2)c(C)c1. The fourth-order valence-electron chi connectivity index (χ4n) is 9.58. The second-order valence-electron chi connectivity index (χ2n) is 18.6. The molecule has 0 aliphatic carbocycles. The Bertz CT molecular complexity index is 3040. The van der Waals surface area contributed by atoms with Gasteiger partial charge in [-0.25, -0.2) is 0 Å². The first-order valence-corrected chi connectivity index (χ1v) is 24.2. The second kappa shape index (κ2) is 20.3. The van der Waals surface area contributed by atoms with Crippen molar-refractivity contribution in [3.8, 4) is 22.3 Å². The number of aryl methyl sites for hydroxylation is 4. The third-order valence-corrected chi connectivity index (χ3v) is 13.4. The highest BCUT2D eigenvalue weighted by molar-refractivity contribution is 5.80. The van der Waals surface area contributed by atoms with E-state index in [9.17, 15) is 0 Å². The summed E-state index contributed by atoms with van der Waals surface area (Å²) in [7, 11) is 0. The molecule has 0 radical (unpaired) electrons. The van der Waals surface area contributed by atoms with E-state index in [1.165, 1.54) is 77.9 Å². The maximum absolute atomic E-state index is 2.37. The first kappa shape index (κ1) is 44.6. The highest BCUT2D eigenvalue weighted by Crippen LogP contribution is 2.38. The molecule has 0 heterocycles. The standard InChI is InChI=1S/C67H58N2/c1-48-15-25-60(50(3)43-48)46-54-21-35-64(36-22-54)68(66-39-27-58(28-40-66)56-11-7-5-8-12-56)62-31-17-52(18-32-62)45-53-19-33-63(34-20-53)69(67-41-29-59(30-42-67)57-13-9-6-10-14-57)65-37-23-55(24-38-65)47-61-26-16-49(2)44-51(61)4/h5-44H,45-47H2,1-4H3. The summed E-state index contributed by atoms with van der Waals surface area (Å²) in [5, 5.41) is 0. The zero-order valence-electron chi connectivity index (χ0n) is 40.1. The van der Waals surface area contributed by atoms with Crippen molar-refractivity contribution in [3.63, 3.8) is 0 Å². The van der Waals surface area contributed by atoms with Crippen molar-refractivity contribution >= 4 is 34.1 Å². The monoisotopic (exact) mass is 890 g/mol. The van der Waals surface area contributed by atoms with Crippen molar-refractivity contribution in [3.05, 3.63) is 298 Å².